The van der Waals surface area contributed by atoms with Gasteiger partial charge >= 0.3 is 0 Å². The van der Waals surface area contributed by atoms with Crippen molar-refractivity contribution < 1.29 is 0 Å². The first kappa shape index (κ1) is 15.1. The minimum Gasteiger partial charge on any atom is -0.368 e. The van der Waals surface area contributed by atoms with Gasteiger partial charge in [-0.2, -0.15) is 4.98 Å². The lowest BCUT2D eigenvalue weighted by atomic mass is 10.2. The van der Waals surface area contributed by atoms with Crippen LogP contribution >= 0.6 is 23.4 Å². The molecule has 1 aromatic carbocycles. The molecule has 0 radical (unpaired) electrons. The second kappa shape index (κ2) is 6.21. The highest BCUT2D eigenvalue weighted by molar-refractivity contribution is 7.99. The van der Waals surface area contributed by atoms with Crippen molar-refractivity contribution in [1.29, 1.82) is 0 Å². The fourth-order valence-electron chi connectivity index (χ4n) is 3.08. The molecule has 2 aliphatic heterocycles. The number of aromatic nitrogens is 2. The van der Waals surface area contributed by atoms with Crippen LogP contribution in [-0.2, 0) is 6.42 Å². The van der Waals surface area contributed by atoms with E-state index in [0.717, 1.165) is 54.9 Å². The first-order valence-electron chi connectivity index (χ1n) is 7.96. The van der Waals surface area contributed by atoms with Crippen molar-refractivity contribution >= 4 is 35.0 Å². The fraction of sp³-hybridized carbons (Fsp3) is 0.412. The SMILES string of the molecule is Cc1ccc(N2CCN(c3nc(Cl)c4c(n3)CCS4)CC2)cc1. The summed E-state index contributed by atoms with van der Waals surface area (Å²) in [7, 11) is 0. The smallest absolute Gasteiger partial charge is 0.227 e. The summed E-state index contributed by atoms with van der Waals surface area (Å²) in [6, 6.07) is 8.74. The Bertz CT molecular complexity index is 711. The number of piperazine rings is 1. The first-order valence-corrected chi connectivity index (χ1v) is 9.33. The Labute approximate surface area is 145 Å². The maximum absolute atomic E-state index is 6.32. The average Bonchev–Trinajstić information content (AvgIpc) is 3.05. The van der Waals surface area contributed by atoms with E-state index in [1.165, 1.54) is 11.3 Å². The molecule has 4 rings (SSSR count). The molecular weight excluding hydrogens is 328 g/mol. The van der Waals surface area contributed by atoms with Gasteiger partial charge in [0.2, 0.25) is 5.95 Å². The summed E-state index contributed by atoms with van der Waals surface area (Å²) < 4.78 is 0. The van der Waals surface area contributed by atoms with Crippen molar-refractivity contribution in [2.24, 2.45) is 0 Å². The number of hydrogen-bond acceptors (Lipinski definition) is 5. The van der Waals surface area contributed by atoms with Crippen LogP contribution in [0.5, 0.6) is 0 Å². The summed E-state index contributed by atoms with van der Waals surface area (Å²) in [6.07, 6.45) is 0.999. The van der Waals surface area contributed by atoms with Crippen LogP contribution in [0.1, 0.15) is 11.3 Å². The molecule has 2 aromatic rings. The zero-order valence-electron chi connectivity index (χ0n) is 13.1. The molecule has 0 saturated carbocycles. The van der Waals surface area contributed by atoms with E-state index in [1.54, 1.807) is 11.8 Å². The molecule has 6 heteroatoms. The molecule has 1 fully saturated rings. The maximum atomic E-state index is 6.32. The van der Waals surface area contributed by atoms with Crippen LogP contribution in [0.25, 0.3) is 0 Å². The van der Waals surface area contributed by atoms with Gasteiger partial charge in [0.1, 0.15) is 5.15 Å². The van der Waals surface area contributed by atoms with Crippen LogP contribution in [0.15, 0.2) is 29.2 Å². The highest BCUT2D eigenvalue weighted by Crippen LogP contribution is 2.36. The van der Waals surface area contributed by atoms with Gasteiger partial charge in [0.15, 0.2) is 0 Å². The van der Waals surface area contributed by atoms with E-state index < -0.39 is 0 Å². The molecule has 0 N–H and O–H groups in total. The van der Waals surface area contributed by atoms with Crippen molar-refractivity contribution in [2.75, 3.05) is 41.7 Å². The summed E-state index contributed by atoms with van der Waals surface area (Å²) >= 11 is 8.09. The third-order valence-corrected chi connectivity index (χ3v) is 5.94. The third kappa shape index (κ3) is 3.00. The zero-order valence-corrected chi connectivity index (χ0v) is 14.7. The van der Waals surface area contributed by atoms with E-state index in [2.05, 4.69) is 46.0 Å². The number of rotatable bonds is 2. The molecule has 0 aliphatic carbocycles. The van der Waals surface area contributed by atoms with Gasteiger partial charge < -0.3 is 9.80 Å². The van der Waals surface area contributed by atoms with E-state index in [1.807, 2.05) is 0 Å². The molecular formula is C17H19ClN4S. The molecule has 1 saturated heterocycles. The lowest BCUT2D eigenvalue weighted by Gasteiger charge is -2.36. The van der Waals surface area contributed by atoms with Crippen molar-refractivity contribution in [3.8, 4) is 0 Å². The van der Waals surface area contributed by atoms with E-state index >= 15 is 0 Å². The van der Waals surface area contributed by atoms with Gasteiger partial charge in [-0.1, -0.05) is 29.3 Å². The quantitative estimate of drug-likeness (QED) is 0.778. The Morgan fingerprint density at radius 1 is 1.00 bits per heavy atom. The highest BCUT2D eigenvalue weighted by atomic mass is 35.5. The summed E-state index contributed by atoms with van der Waals surface area (Å²) in [5.41, 5.74) is 3.71. The maximum Gasteiger partial charge on any atom is 0.227 e. The van der Waals surface area contributed by atoms with Crippen molar-refractivity contribution in [3.05, 3.63) is 40.7 Å². The second-order valence-corrected chi connectivity index (χ2v) is 7.46. The standard InChI is InChI=1S/C17H19ClN4S/c1-12-2-4-13(5-3-12)21-7-9-22(10-8-21)17-19-14-6-11-23-15(14)16(18)20-17/h2-5H,6-11H2,1H3. The molecule has 3 heterocycles. The monoisotopic (exact) mass is 346 g/mol. The minimum absolute atomic E-state index is 0.619. The zero-order chi connectivity index (χ0) is 15.8. The van der Waals surface area contributed by atoms with Crippen LogP contribution in [0, 0.1) is 6.92 Å². The van der Waals surface area contributed by atoms with Crippen LogP contribution in [0.2, 0.25) is 5.15 Å². The van der Waals surface area contributed by atoms with E-state index in [-0.39, 0.29) is 0 Å². The molecule has 4 nitrogen and oxygen atoms in total. The third-order valence-electron chi connectivity index (χ3n) is 4.43. The summed E-state index contributed by atoms with van der Waals surface area (Å²) in [4.78, 5) is 15.0. The number of benzene rings is 1. The Balaban J connectivity index is 1.47. The molecule has 0 spiro atoms. The van der Waals surface area contributed by atoms with Gasteiger partial charge in [-0.15, -0.1) is 11.8 Å². The summed E-state index contributed by atoms with van der Waals surface area (Å²) in [5, 5.41) is 0.619. The van der Waals surface area contributed by atoms with E-state index in [4.69, 9.17) is 16.6 Å². The molecule has 0 unspecified atom stereocenters. The fourth-order valence-corrected chi connectivity index (χ4v) is 4.40. The van der Waals surface area contributed by atoms with E-state index in [0.29, 0.717) is 5.15 Å². The summed E-state index contributed by atoms with van der Waals surface area (Å²) in [5.74, 6) is 1.86. The molecule has 0 amide bonds. The number of hydrogen-bond donors (Lipinski definition) is 0. The topological polar surface area (TPSA) is 32.3 Å². The largest absolute Gasteiger partial charge is 0.368 e. The first-order chi connectivity index (χ1) is 11.2. The lowest BCUT2D eigenvalue weighted by Crippen LogP contribution is -2.47. The van der Waals surface area contributed by atoms with Crippen LogP contribution in [0.4, 0.5) is 11.6 Å². The van der Waals surface area contributed by atoms with Crippen LogP contribution < -0.4 is 9.80 Å². The molecule has 23 heavy (non-hydrogen) atoms. The highest BCUT2D eigenvalue weighted by Gasteiger charge is 2.24. The van der Waals surface area contributed by atoms with E-state index in [9.17, 15) is 0 Å². The average molecular weight is 347 g/mol. The second-order valence-electron chi connectivity index (χ2n) is 6.00. The number of halogens is 1. The molecule has 0 bridgehead atoms. The Morgan fingerprint density at radius 3 is 2.43 bits per heavy atom. The minimum atomic E-state index is 0.619. The Kier molecular flexibility index (Phi) is 4.07. The Hall–Kier alpha value is -1.46. The number of anilines is 2. The van der Waals surface area contributed by atoms with Gasteiger partial charge in [0.25, 0.3) is 0 Å². The van der Waals surface area contributed by atoms with Gasteiger partial charge in [0, 0.05) is 44.0 Å². The normalized spacial score (nSPS) is 17.5. The lowest BCUT2D eigenvalue weighted by molar-refractivity contribution is 0.637. The van der Waals surface area contributed by atoms with Crippen molar-refractivity contribution in [2.45, 2.75) is 18.2 Å². The number of thioether (sulfide) groups is 1. The van der Waals surface area contributed by atoms with Crippen molar-refractivity contribution in [3.63, 3.8) is 0 Å². The van der Waals surface area contributed by atoms with Gasteiger partial charge in [-0.05, 0) is 19.1 Å². The molecule has 1 aromatic heterocycles. The predicted molar refractivity (Wildman–Crippen MR) is 97.1 cm³/mol. The number of nitrogens with zero attached hydrogens (tertiary/aromatic N) is 4. The molecule has 120 valence electrons. The van der Waals surface area contributed by atoms with Crippen LogP contribution in [-0.4, -0.2) is 41.9 Å². The van der Waals surface area contributed by atoms with Crippen LogP contribution in [0.3, 0.4) is 0 Å². The van der Waals surface area contributed by atoms with Gasteiger partial charge in [-0.3, -0.25) is 0 Å². The molecule has 2 aliphatic rings. The van der Waals surface area contributed by atoms with Gasteiger partial charge in [-0.25, -0.2) is 4.98 Å². The predicted octanol–water partition coefficient (Wildman–Crippen LogP) is 3.41. The number of aryl methyl sites for hydroxylation is 2. The van der Waals surface area contributed by atoms with Crippen molar-refractivity contribution in [1.82, 2.24) is 9.97 Å². The number of fused-ring (bicyclic) bond motifs is 1. The summed E-state index contributed by atoms with van der Waals surface area (Å²) in [6.45, 7) is 5.94. The van der Waals surface area contributed by atoms with Gasteiger partial charge in [0.05, 0.1) is 10.6 Å². The molecule has 0 atom stereocenters. The Morgan fingerprint density at radius 2 is 1.70 bits per heavy atom.